The van der Waals surface area contributed by atoms with Gasteiger partial charge in [-0.25, -0.2) is 4.79 Å². The number of carboxylic acid groups (broad SMARTS) is 1. The topological polar surface area (TPSA) is 82.7 Å². The third-order valence-corrected chi connectivity index (χ3v) is 2.72. The number of hydrogen-bond donors (Lipinski definition) is 3. The Hall–Kier alpha value is -1.85. The zero-order valence-corrected chi connectivity index (χ0v) is 10.0. The number of aliphatic hydroxyl groups is 1. The first-order valence-electron chi connectivity index (χ1n) is 5.70. The van der Waals surface area contributed by atoms with Gasteiger partial charge in [-0.05, 0) is 30.7 Å². The normalized spacial score (nSPS) is 12.8. The van der Waals surface area contributed by atoms with E-state index in [0.717, 1.165) is 10.9 Å². The van der Waals surface area contributed by atoms with E-state index in [-0.39, 0.29) is 18.4 Å². The van der Waals surface area contributed by atoms with E-state index in [9.17, 15) is 4.79 Å². The molecule has 1 aromatic heterocycles. The lowest BCUT2D eigenvalue weighted by molar-refractivity contribution is 0.0665. The fourth-order valence-electron chi connectivity index (χ4n) is 1.66. The van der Waals surface area contributed by atoms with Gasteiger partial charge < -0.3 is 19.9 Å². The van der Waals surface area contributed by atoms with Crippen molar-refractivity contribution in [2.45, 2.75) is 19.5 Å². The molecule has 2 aromatic rings. The summed E-state index contributed by atoms with van der Waals surface area (Å²) in [7, 11) is 0. The Balaban J connectivity index is 2.19. The SMILES string of the molecule is CC(CO)NCc1ccc2oc(C(=O)O)cc2c1. The molecule has 1 unspecified atom stereocenters. The van der Waals surface area contributed by atoms with Crippen molar-refractivity contribution in [3.63, 3.8) is 0 Å². The molecule has 2 rings (SSSR count). The zero-order chi connectivity index (χ0) is 13.1. The van der Waals surface area contributed by atoms with Crippen molar-refractivity contribution in [2.75, 3.05) is 6.61 Å². The van der Waals surface area contributed by atoms with Gasteiger partial charge in [0.25, 0.3) is 0 Å². The molecule has 0 radical (unpaired) electrons. The van der Waals surface area contributed by atoms with Crippen molar-refractivity contribution < 1.29 is 19.4 Å². The van der Waals surface area contributed by atoms with E-state index in [1.165, 1.54) is 6.07 Å². The highest BCUT2D eigenvalue weighted by atomic mass is 16.4. The summed E-state index contributed by atoms with van der Waals surface area (Å²) >= 11 is 0. The molecule has 18 heavy (non-hydrogen) atoms. The monoisotopic (exact) mass is 249 g/mol. The van der Waals surface area contributed by atoms with Gasteiger partial charge in [0, 0.05) is 18.0 Å². The Morgan fingerprint density at radius 1 is 1.44 bits per heavy atom. The van der Waals surface area contributed by atoms with Crippen LogP contribution in [0.15, 0.2) is 28.7 Å². The quantitative estimate of drug-likeness (QED) is 0.749. The Morgan fingerprint density at radius 2 is 2.22 bits per heavy atom. The maximum Gasteiger partial charge on any atom is 0.371 e. The van der Waals surface area contributed by atoms with E-state index in [1.807, 2.05) is 19.1 Å². The zero-order valence-electron chi connectivity index (χ0n) is 10.0. The van der Waals surface area contributed by atoms with Crippen LogP contribution in [0.3, 0.4) is 0 Å². The Bertz CT molecular complexity index is 561. The second kappa shape index (κ2) is 5.20. The van der Waals surface area contributed by atoms with Crippen LogP contribution in [0.5, 0.6) is 0 Å². The van der Waals surface area contributed by atoms with Crippen LogP contribution < -0.4 is 5.32 Å². The maximum absolute atomic E-state index is 10.8. The molecule has 0 saturated heterocycles. The van der Waals surface area contributed by atoms with Crippen LogP contribution in [0, 0.1) is 0 Å². The number of nitrogens with one attached hydrogen (secondary N) is 1. The predicted octanol–water partition coefficient (Wildman–Crippen LogP) is 1.60. The number of aromatic carboxylic acids is 1. The van der Waals surface area contributed by atoms with Crippen molar-refractivity contribution >= 4 is 16.9 Å². The number of carbonyl (C=O) groups is 1. The minimum atomic E-state index is -1.07. The van der Waals surface area contributed by atoms with E-state index < -0.39 is 5.97 Å². The van der Waals surface area contributed by atoms with Crippen molar-refractivity contribution in [3.8, 4) is 0 Å². The van der Waals surface area contributed by atoms with Gasteiger partial charge in [0.05, 0.1) is 6.61 Å². The number of furan rings is 1. The summed E-state index contributed by atoms with van der Waals surface area (Å²) in [5.41, 5.74) is 1.58. The summed E-state index contributed by atoms with van der Waals surface area (Å²) < 4.78 is 5.17. The average Bonchev–Trinajstić information content (AvgIpc) is 2.79. The molecule has 3 N–H and O–H groups in total. The number of benzene rings is 1. The molecule has 1 atom stereocenters. The molecule has 5 heteroatoms. The summed E-state index contributed by atoms with van der Waals surface area (Å²) in [6, 6.07) is 7.04. The third kappa shape index (κ3) is 2.69. The van der Waals surface area contributed by atoms with E-state index >= 15 is 0 Å². The molecule has 0 aliphatic carbocycles. The molecule has 0 amide bonds. The first kappa shape index (κ1) is 12.6. The molecule has 5 nitrogen and oxygen atoms in total. The van der Waals surface area contributed by atoms with E-state index in [2.05, 4.69) is 5.32 Å². The number of aliphatic hydroxyl groups excluding tert-OH is 1. The summed E-state index contributed by atoms with van der Waals surface area (Å²) in [6.07, 6.45) is 0. The molecule has 0 saturated carbocycles. The van der Waals surface area contributed by atoms with Gasteiger partial charge in [-0.1, -0.05) is 6.07 Å². The van der Waals surface area contributed by atoms with Gasteiger partial charge >= 0.3 is 5.97 Å². The Morgan fingerprint density at radius 3 is 2.89 bits per heavy atom. The lowest BCUT2D eigenvalue weighted by Gasteiger charge is -2.10. The third-order valence-electron chi connectivity index (χ3n) is 2.72. The molecule has 0 bridgehead atoms. The van der Waals surface area contributed by atoms with Crippen molar-refractivity contribution in [1.29, 1.82) is 0 Å². The fraction of sp³-hybridized carbons (Fsp3) is 0.308. The second-order valence-corrected chi connectivity index (χ2v) is 4.25. The number of hydrogen-bond acceptors (Lipinski definition) is 4. The van der Waals surface area contributed by atoms with Crippen LogP contribution in [0.1, 0.15) is 23.0 Å². The van der Waals surface area contributed by atoms with Crippen LogP contribution >= 0.6 is 0 Å². The molecular weight excluding hydrogens is 234 g/mol. The smallest absolute Gasteiger partial charge is 0.371 e. The van der Waals surface area contributed by atoms with Crippen molar-refractivity contribution in [2.24, 2.45) is 0 Å². The highest BCUT2D eigenvalue weighted by Gasteiger charge is 2.10. The number of carboxylic acids is 1. The summed E-state index contributed by atoms with van der Waals surface area (Å²) in [6.45, 7) is 2.58. The molecule has 96 valence electrons. The summed E-state index contributed by atoms with van der Waals surface area (Å²) in [5, 5.41) is 21.6. The van der Waals surface area contributed by atoms with Crippen LogP contribution in [0.2, 0.25) is 0 Å². The molecule has 1 heterocycles. The van der Waals surface area contributed by atoms with Crippen LogP contribution in [0.4, 0.5) is 0 Å². The lowest BCUT2D eigenvalue weighted by Crippen LogP contribution is -2.28. The molecular formula is C13H15NO4. The van der Waals surface area contributed by atoms with Gasteiger partial charge in [0.1, 0.15) is 5.58 Å². The molecule has 0 aliphatic heterocycles. The largest absolute Gasteiger partial charge is 0.475 e. The average molecular weight is 249 g/mol. The summed E-state index contributed by atoms with van der Waals surface area (Å²) in [4.78, 5) is 10.8. The molecule has 0 aliphatic rings. The van der Waals surface area contributed by atoms with Crippen LogP contribution in [-0.2, 0) is 6.54 Å². The predicted molar refractivity (Wildman–Crippen MR) is 66.6 cm³/mol. The second-order valence-electron chi connectivity index (χ2n) is 4.25. The minimum absolute atomic E-state index is 0.0274. The van der Waals surface area contributed by atoms with Crippen LogP contribution in [-0.4, -0.2) is 28.8 Å². The highest BCUT2D eigenvalue weighted by molar-refractivity contribution is 5.91. The molecule has 1 aromatic carbocycles. The van der Waals surface area contributed by atoms with E-state index in [1.54, 1.807) is 6.07 Å². The minimum Gasteiger partial charge on any atom is -0.475 e. The van der Waals surface area contributed by atoms with E-state index in [0.29, 0.717) is 12.1 Å². The van der Waals surface area contributed by atoms with Crippen LogP contribution in [0.25, 0.3) is 11.0 Å². The fourth-order valence-corrected chi connectivity index (χ4v) is 1.66. The highest BCUT2D eigenvalue weighted by Crippen LogP contribution is 2.20. The van der Waals surface area contributed by atoms with E-state index in [4.69, 9.17) is 14.6 Å². The lowest BCUT2D eigenvalue weighted by atomic mass is 10.1. The number of fused-ring (bicyclic) bond motifs is 1. The van der Waals surface area contributed by atoms with Crippen molar-refractivity contribution in [1.82, 2.24) is 5.32 Å². The summed E-state index contributed by atoms with van der Waals surface area (Å²) in [5.74, 6) is -1.13. The van der Waals surface area contributed by atoms with Gasteiger partial charge in [-0.15, -0.1) is 0 Å². The first-order chi connectivity index (χ1) is 8.60. The standard InChI is InChI=1S/C13H15NO4/c1-8(7-15)14-6-9-2-3-11-10(4-9)5-12(18-11)13(16)17/h2-5,8,14-15H,6-7H2,1H3,(H,16,17). The maximum atomic E-state index is 10.8. The molecule has 0 spiro atoms. The van der Waals surface area contributed by atoms with Gasteiger partial charge in [0.15, 0.2) is 0 Å². The number of rotatable bonds is 5. The Labute approximate surface area is 104 Å². The van der Waals surface area contributed by atoms with Gasteiger partial charge in [-0.3, -0.25) is 0 Å². The Kier molecular flexibility index (Phi) is 3.64. The molecule has 0 fully saturated rings. The van der Waals surface area contributed by atoms with Crippen molar-refractivity contribution in [3.05, 3.63) is 35.6 Å². The first-order valence-corrected chi connectivity index (χ1v) is 5.70. The van der Waals surface area contributed by atoms with Gasteiger partial charge in [0.2, 0.25) is 5.76 Å². The van der Waals surface area contributed by atoms with Gasteiger partial charge in [-0.2, -0.15) is 0 Å².